The topological polar surface area (TPSA) is 144 Å². The highest BCUT2D eigenvalue weighted by Gasteiger charge is 2.63. The zero-order chi connectivity index (χ0) is 21.8. The predicted molar refractivity (Wildman–Crippen MR) is 109 cm³/mol. The lowest BCUT2D eigenvalue weighted by molar-refractivity contribution is 0.297. The van der Waals surface area contributed by atoms with Gasteiger partial charge >= 0.3 is 15.2 Å². The van der Waals surface area contributed by atoms with Crippen molar-refractivity contribution in [3.8, 4) is 0 Å². The highest BCUT2D eigenvalue weighted by molar-refractivity contribution is 7.72. The molecule has 0 aliphatic carbocycles. The Morgan fingerprint density at radius 1 is 1.07 bits per heavy atom. The third-order valence-electron chi connectivity index (χ3n) is 5.33. The fourth-order valence-electron chi connectivity index (χ4n) is 3.81. The third kappa shape index (κ3) is 4.55. The summed E-state index contributed by atoms with van der Waals surface area (Å²) in [5.41, 5.74) is 0.643. The molecule has 0 amide bonds. The van der Waals surface area contributed by atoms with Crippen LogP contribution in [0.25, 0.3) is 0 Å². The van der Waals surface area contributed by atoms with E-state index in [1.807, 2.05) is 13.8 Å². The first kappa shape index (κ1) is 25.3. The number of hydrogen-bond donors (Lipinski definition) is 4. The molecule has 9 nitrogen and oxygen atoms in total. The first-order valence-corrected chi connectivity index (χ1v) is 13.1. The van der Waals surface area contributed by atoms with Crippen LogP contribution in [0.4, 0.5) is 5.82 Å². The van der Waals surface area contributed by atoms with Crippen LogP contribution in [0.5, 0.6) is 0 Å². The van der Waals surface area contributed by atoms with Gasteiger partial charge in [-0.15, -0.1) is 0 Å². The Balaban J connectivity index is 3.66. The molecular weight excluding hydrogens is 406 g/mol. The van der Waals surface area contributed by atoms with Gasteiger partial charge in [-0.05, 0) is 32.6 Å². The van der Waals surface area contributed by atoms with Crippen molar-refractivity contribution in [3.63, 3.8) is 0 Å². The summed E-state index contributed by atoms with van der Waals surface area (Å²) in [6.07, 6.45) is 3.73. The van der Waals surface area contributed by atoms with Crippen molar-refractivity contribution in [1.82, 2.24) is 5.16 Å². The summed E-state index contributed by atoms with van der Waals surface area (Å²) in [4.78, 5) is 41.0. The summed E-state index contributed by atoms with van der Waals surface area (Å²) >= 11 is 0. The second-order valence-corrected chi connectivity index (χ2v) is 10.9. The van der Waals surface area contributed by atoms with Crippen LogP contribution < -0.4 is 4.90 Å². The van der Waals surface area contributed by atoms with E-state index in [4.69, 9.17) is 4.52 Å². The Labute approximate surface area is 166 Å². The lowest BCUT2D eigenvalue weighted by Crippen LogP contribution is -2.48. The molecule has 1 heterocycles. The molecular formula is C17H34N2O7P2. The minimum absolute atomic E-state index is 0.0468. The number of unbranched alkanes of at least 4 members (excludes halogenated alkanes) is 1. The molecule has 1 rings (SSSR count). The van der Waals surface area contributed by atoms with Crippen LogP contribution in [0.1, 0.15) is 84.0 Å². The van der Waals surface area contributed by atoms with Gasteiger partial charge in [0.15, 0.2) is 5.82 Å². The van der Waals surface area contributed by atoms with E-state index in [0.29, 0.717) is 17.7 Å². The summed E-state index contributed by atoms with van der Waals surface area (Å²) in [5.74, 6) is 0.827. The van der Waals surface area contributed by atoms with E-state index in [9.17, 15) is 28.7 Å². The molecule has 0 saturated heterocycles. The molecule has 0 aliphatic heterocycles. The van der Waals surface area contributed by atoms with Crippen molar-refractivity contribution in [2.75, 3.05) is 11.4 Å². The van der Waals surface area contributed by atoms with Crippen molar-refractivity contribution in [3.05, 3.63) is 11.3 Å². The normalized spacial score (nSPS) is 14.3. The molecule has 1 aromatic heterocycles. The van der Waals surface area contributed by atoms with Crippen LogP contribution in [0.15, 0.2) is 4.52 Å². The molecule has 0 saturated carbocycles. The average Bonchev–Trinajstić information content (AvgIpc) is 3.01. The van der Waals surface area contributed by atoms with Crippen LogP contribution in [-0.4, -0.2) is 36.3 Å². The van der Waals surface area contributed by atoms with Gasteiger partial charge in [0.1, 0.15) is 5.76 Å². The zero-order valence-electron chi connectivity index (χ0n) is 17.3. The van der Waals surface area contributed by atoms with Gasteiger partial charge in [0.2, 0.25) is 5.02 Å². The maximum absolute atomic E-state index is 12.3. The SMILES string of the molecule is CCCCC(CC)c1onc(N(CC)C(CC)(P(=O)(O)O)P(=O)(O)O)c1CC. The highest BCUT2D eigenvalue weighted by atomic mass is 31.2. The van der Waals surface area contributed by atoms with Gasteiger partial charge in [-0.25, -0.2) is 0 Å². The van der Waals surface area contributed by atoms with Gasteiger partial charge in [-0.1, -0.05) is 45.7 Å². The van der Waals surface area contributed by atoms with E-state index in [-0.39, 0.29) is 18.3 Å². The lowest BCUT2D eigenvalue weighted by atomic mass is 9.93. The van der Waals surface area contributed by atoms with Crippen molar-refractivity contribution >= 4 is 21.0 Å². The second kappa shape index (κ2) is 9.88. The predicted octanol–water partition coefficient (Wildman–Crippen LogP) is 4.17. The number of anilines is 1. The van der Waals surface area contributed by atoms with Crippen molar-refractivity contribution < 1.29 is 33.2 Å². The molecule has 1 aromatic rings. The fourth-order valence-corrected chi connectivity index (χ4v) is 7.09. The van der Waals surface area contributed by atoms with Gasteiger partial charge in [0.05, 0.1) is 0 Å². The maximum atomic E-state index is 12.3. The van der Waals surface area contributed by atoms with Crippen LogP contribution in [0, 0.1) is 0 Å². The molecule has 0 aromatic carbocycles. The number of aromatic nitrogens is 1. The Hall–Kier alpha value is -0.690. The van der Waals surface area contributed by atoms with E-state index < -0.39 is 26.6 Å². The zero-order valence-corrected chi connectivity index (χ0v) is 19.1. The molecule has 0 spiro atoms. The minimum atomic E-state index is -5.25. The van der Waals surface area contributed by atoms with Gasteiger partial charge in [0.25, 0.3) is 0 Å². The molecule has 0 bridgehead atoms. The van der Waals surface area contributed by atoms with E-state index in [2.05, 4.69) is 12.1 Å². The molecule has 1 atom stereocenters. The summed E-state index contributed by atoms with van der Waals surface area (Å²) in [6, 6.07) is 0. The minimum Gasteiger partial charge on any atom is -0.359 e. The largest absolute Gasteiger partial charge is 0.363 e. The number of rotatable bonds is 12. The molecule has 4 N–H and O–H groups in total. The second-order valence-electron chi connectivity index (χ2n) is 6.91. The van der Waals surface area contributed by atoms with Gasteiger partial charge in [-0.3, -0.25) is 9.13 Å². The molecule has 164 valence electrons. The Morgan fingerprint density at radius 3 is 2.00 bits per heavy atom. The molecule has 11 heteroatoms. The van der Waals surface area contributed by atoms with Crippen molar-refractivity contribution in [2.24, 2.45) is 0 Å². The molecule has 1 unspecified atom stereocenters. The third-order valence-corrected chi connectivity index (χ3v) is 9.88. The van der Waals surface area contributed by atoms with Crippen LogP contribution in [0.2, 0.25) is 0 Å². The fraction of sp³-hybridized carbons (Fsp3) is 0.824. The summed E-state index contributed by atoms with van der Waals surface area (Å²) < 4.78 is 30.3. The van der Waals surface area contributed by atoms with Gasteiger partial charge in [-0.2, -0.15) is 0 Å². The molecule has 0 aliphatic rings. The summed E-state index contributed by atoms with van der Waals surface area (Å²) in [7, 11) is -10.5. The van der Waals surface area contributed by atoms with Crippen LogP contribution >= 0.6 is 15.2 Å². The molecule has 28 heavy (non-hydrogen) atoms. The first-order valence-electron chi connectivity index (χ1n) is 9.83. The summed E-state index contributed by atoms with van der Waals surface area (Å²) in [5, 5.41) is 1.36. The van der Waals surface area contributed by atoms with E-state index >= 15 is 0 Å². The standard InChI is InChI=1S/C17H34N2O7P2/c1-6-11-12-13(7-2)15-14(8-3)16(18-26-15)19(10-5)17(9-4,27(20,21)22)28(23,24)25/h13H,6-12H2,1-5H3,(H2,20,21,22)(H2,23,24,25). The monoisotopic (exact) mass is 440 g/mol. The lowest BCUT2D eigenvalue weighted by Gasteiger charge is -2.43. The average molecular weight is 440 g/mol. The molecule has 0 radical (unpaired) electrons. The van der Waals surface area contributed by atoms with E-state index in [1.54, 1.807) is 6.92 Å². The molecule has 0 fully saturated rings. The van der Waals surface area contributed by atoms with E-state index in [1.165, 1.54) is 6.92 Å². The van der Waals surface area contributed by atoms with Gasteiger partial charge in [0, 0.05) is 18.0 Å². The number of hydrogen-bond acceptors (Lipinski definition) is 5. The quantitative estimate of drug-likeness (QED) is 0.352. The van der Waals surface area contributed by atoms with Crippen LogP contribution in [0.3, 0.4) is 0 Å². The van der Waals surface area contributed by atoms with Crippen LogP contribution in [-0.2, 0) is 15.6 Å². The van der Waals surface area contributed by atoms with Gasteiger partial charge < -0.3 is 29.0 Å². The van der Waals surface area contributed by atoms with Crippen molar-refractivity contribution in [1.29, 1.82) is 0 Å². The Kier molecular flexibility index (Phi) is 8.94. The Bertz CT molecular complexity index is 703. The maximum Gasteiger partial charge on any atom is 0.363 e. The smallest absolute Gasteiger partial charge is 0.359 e. The van der Waals surface area contributed by atoms with Crippen molar-refractivity contribution in [2.45, 2.75) is 84.1 Å². The summed E-state index contributed by atoms with van der Waals surface area (Å²) in [6.45, 7) is 8.87. The number of nitrogens with zero attached hydrogens (tertiary/aromatic N) is 2. The Morgan fingerprint density at radius 2 is 1.64 bits per heavy atom. The highest BCUT2D eigenvalue weighted by Crippen LogP contribution is 2.72. The van der Waals surface area contributed by atoms with E-state index in [0.717, 1.165) is 30.6 Å². The first-order chi connectivity index (χ1) is 13.0.